The lowest BCUT2D eigenvalue weighted by Gasteiger charge is -1.79. The van der Waals surface area contributed by atoms with Gasteiger partial charge in [-0.25, -0.2) is 0 Å². The van der Waals surface area contributed by atoms with Crippen LogP contribution in [0, 0.1) is 6.92 Å². The van der Waals surface area contributed by atoms with Gasteiger partial charge in [0.2, 0.25) is 0 Å². The first-order valence-electron chi connectivity index (χ1n) is 4.17. The van der Waals surface area contributed by atoms with Crippen molar-refractivity contribution < 1.29 is 0 Å². The summed E-state index contributed by atoms with van der Waals surface area (Å²) in [6.07, 6.45) is 15.7. The summed E-state index contributed by atoms with van der Waals surface area (Å²) in [4.78, 5) is 0. The van der Waals surface area contributed by atoms with Crippen LogP contribution >= 0.6 is 0 Å². The summed E-state index contributed by atoms with van der Waals surface area (Å²) in [5.41, 5.74) is 0. The Bertz CT molecular complexity index is 138. The van der Waals surface area contributed by atoms with Gasteiger partial charge >= 0.3 is 0 Å². The first-order valence-corrected chi connectivity index (χ1v) is 4.17. The summed E-state index contributed by atoms with van der Waals surface area (Å²) < 4.78 is 0. The average Bonchev–Trinajstić information content (AvgIpc) is 2.03. The molecular formula is C11H17. The van der Waals surface area contributed by atoms with Crippen molar-refractivity contribution in [1.82, 2.24) is 0 Å². The number of rotatable bonds is 5. The predicted molar refractivity (Wildman–Crippen MR) is 52.3 cm³/mol. The monoisotopic (exact) mass is 149 g/mol. The van der Waals surface area contributed by atoms with Crippen LogP contribution in [0.25, 0.3) is 0 Å². The smallest absolute Gasteiger partial charge is 0.0166 e. The van der Waals surface area contributed by atoms with Crippen molar-refractivity contribution in [3.05, 3.63) is 43.4 Å². The quantitative estimate of drug-likeness (QED) is 0.413. The summed E-state index contributed by atoms with van der Waals surface area (Å²) in [5.74, 6) is 0. The zero-order chi connectivity index (χ0) is 8.36. The van der Waals surface area contributed by atoms with E-state index in [0.717, 1.165) is 19.3 Å². The van der Waals surface area contributed by atoms with Crippen molar-refractivity contribution in [2.24, 2.45) is 0 Å². The lowest BCUT2D eigenvalue weighted by atomic mass is 10.3. The van der Waals surface area contributed by atoms with Gasteiger partial charge in [0.15, 0.2) is 0 Å². The van der Waals surface area contributed by atoms with E-state index < -0.39 is 0 Å². The fourth-order valence-electron chi connectivity index (χ4n) is 0.664. The molecule has 0 fully saturated rings. The molecule has 0 aliphatic rings. The van der Waals surface area contributed by atoms with Gasteiger partial charge in [-0.1, -0.05) is 43.4 Å². The molecule has 0 nitrogen and oxygen atoms in total. The van der Waals surface area contributed by atoms with Crippen LogP contribution in [0.1, 0.15) is 26.2 Å². The third kappa shape index (κ3) is 9.22. The van der Waals surface area contributed by atoms with E-state index in [1.54, 1.807) is 0 Å². The van der Waals surface area contributed by atoms with Gasteiger partial charge in [-0.3, -0.25) is 0 Å². The second kappa shape index (κ2) is 9.22. The molecule has 0 unspecified atom stereocenters. The van der Waals surface area contributed by atoms with Crippen molar-refractivity contribution in [3.8, 4) is 0 Å². The minimum atomic E-state index is 0.888. The normalized spacial score (nSPS) is 12.5. The lowest BCUT2D eigenvalue weighted by Crippen LogP contribution is -1.58. The maximum atomic E-state index is 3.71. The van der Waals surface area contributed by atoms with Crippen molar-refractivity contribution in [2.45, 2.75) is 26.2 Å². The number of hydrogen-bond acceptors (Lipinski definition) is 0. The molecule has 0 N–H and O–H groups in total. The first kappa shape index (κ1) is 10.2. The first-order chi connectivity index (χ1) is 5.41. The van der Waals surface area contributed by atoms with Crippen LogP contribution in [0.3, 0.4) is 0 Å². The second-order valence-corrected chi connectivity index (χ2v) is 2.26. The summed E-state index contributed by atoms with van der Waals surface area (Å²) in [6, 6.07) is 0. The topological polar surface area (TPSA) is 0 Å². The molecular weight excluding hydrogens is 132 g/mol. The molecule has 61 valence electrons. The molecule has 0 spiro atoms. The maximum Gasteiger partial charge on any atom is -0.0166 e. The highest BCUT2D eigenvalue weighted by atomic mass is 13.7. The van der Waals surface area contributed by atoms with Gasteiger partial charge in [0, 0.05) is 0 Å². The molecule has 0 saturated heterocycles. The average molecular weight is 149 g/mol. The van der Waals surface area contributed by atoms with Crippen LogP contribution in [0.5, 0.6) is 0 Å². The number of hydrogen-bond donors (Lipinski definition) is 0. The van der Waals surface area contributed by atoms with E-state index in [4.69, 9.17) is 0 Å². The third-order valence-electron chi connectivity index (χ3n) is 1.22. The number of allylic oxidation sites excluding steroid dienone is 6. The van der Waals surface area contributed by atoms with Crippen LogP contribution in [0.15, 0.2) is 36.5 Å². The standard InChI is InChI=1S/C11H17/c1-3-5-7-9-11-10-8-6-4-2/h5-8,10-11H,1,3-4,9H2,2H3/b7-5+,8-6+,11-10+. The van der Waals surface area contributed by atoms with E-state index in [9.17, 15) is 0 Å². The molecule has 11 heavy (non-hydrogen) atoms. The molecule has 0 saturated carbocycles. The Morgan fingerprint density at radius 1 is 1.00 bits per heavy atom. The van der Waals surface area contributed by atoms with Crippen LogP contribution in [-0.4, -0.2) is 0 Å². The lowest BCUT2D eigenvalue weighted by molar-refractivity contribution is 1.22. The molecule has 0 aromatic heterocycles. The Morgan fingerprint density at radius 2 is 1.73 bits per heavy atom. The predicted octanol–water partition coefficient (Wildman–Crippen LogP) is 3.68. The highest BCUT2D eigenvalue weighted by Gasteiger charge is 1.68. The molecule has 0 amide bonds. The minimum Gasteiger partial charge on any atom is -0.0882 e. The molecule has 0 aliphatic heterocycles. The molecule has 1 radical (unpaired) electrons. The summed E-state index contributed by atoms with van der Waals surface area (Å²) >= 11 is 0. The van der Waals surface area contributed by atoms with Gasteiger partial charge in [-0.15, -0.1) is 0 Å². The van der Waals surface area contributed by atoms with Crippen LogP contribution < -0.4 is 0 Å². The van der Waals surface area contributed by atoms with Crippen LogP contribution in [0.2, 0.25) is 0 Å². The largest absolute Gasteiger partial charge is 0.0882 e. The minimum absolute atomic E-state index is 0.888. The SMILES string of the molecule is [CH2]C/C=C/C/C=C/C=C/CC. The highest BCUT2D eigenvalue weighted by molar-refractivity contribution is 5.04. The van der Waals surface area contributed by atoms with E-state index in [2.05, 4.69) is 50.3 Å². The second-order valence-electron chi connectivity index (χ2n) is 2.26. The van der Waals surface area contributed by atoms with E-state index in [0.29, 0.717) is 0 Å². The molecule has 0 rings (SSSR count). The summed E-state index contributed by atoms with van der Waals surface area (Å²) in [5, 5.41) is 0. The summed E-state index contributed by atoms with van der Waals surface area (Å²) in [7, 11) is 0. The van der Waals surface area contributed by atoms with E-state index in [1.807, 2.05) is 0 Å². The maximum absolute atomic E-state index is 3.71. The van der Waals surface area contributed by atoms with Crippen LogP contribution in [-0.2, 0) is 0 Å². The van der Waals surface area contributed by atoms with Crippen LogP contribution in [0.4, 0.5) is 0 Å². The third-order valence-corrected chi connectivity index (χ3v) is 1.22. The fourth-order valence-corrected chi connectivity index (χ4v) is 0.664. The van der Waals surface area contributed by atoms with Crippen molar-refractivity contribution >= 4 is 0 Å². The fraction of sp³-hybridized carbons (Fsp3) is 0.364. The Labute approximate surface area is 70.3 Å². The molecule has 0 aliphatic carbocycles. The van der Waals surface area contributed by atoms with E-state index in [1.165, 1.54) is 0 Å². The molecule has 0 heterocycles. The Kier molecular flexibility index (Phi) is 8.57. The van der Waals surface area contributed by atoms with E-state index in [-0.39, 0.29) is 0 Å². The van der Waals surface area contributed by atoms with Crippen molar-refractivity contribution in [2.75, 3.05) is 0 Å². The zero-order valence-corrected chi connectivity index (χ0v) is 7.29. The molecule has 0 bridgehead atoms. The van der Waals surface area contributed by atoms with E-state index >= 15 is 0 Å². The van der Waals surface area contributed by atoms with Crippen molar-refractivity contribution in [1.29, 1.82) is 0 Å². The van der Waals surface area contributed by atoms with Gasteiger partial charge in [0.05, 0.1) is 0 Å². The molecule has 0 aromatic rings. The summed E-state index contributed by atoms with van der Waals surface area (Å²) in [6.45, 7) is 5.84. The highest BCUT2D eigenvalue weighted by Crippen LogP contribution is 1.89. The molecule has 0 aromatic carbocycles. The zero-order valence-electron chi connectivity index (χ0n) is 7.29. The molecule has 0 atom stereocenters. The van der Waals surface area contributed by atoms with Gasteiger partial charge in [0.1, 0.15) is 0 Å². The Hall–Kier alpha value is -0.780. The molecule has 0 heteroatoms. The van der Waals surface area contributed by atoms with Gasteiger partial charge in [0.25, 0.3) is 0 Å². The van der Waals surface area contributed by atoms with Gasteiger partial charge < -0.3 is 0 Å². The van der Waals surface area contributed by atoms with Crippen molar-refractivity contribution in [3.63, 3.8) is 0 Å². The Balaban J connectivity index is 3.29. The Morgan fingerprint density at radius 3 is 2.36 bits per heavy atom. The van der Waals surface area contributed by atoms with Gasteiger partial charge in [-0.2, -0.15) is 0 Å². The van der Waals surface area contributed by atoms with Gasteiger partial charge in [-0.05, 0) is 26.2 Å².